The molecule has 0 spiro atoms. The molecule has 134 valence electrons. The summed E-state index contributed by atoms with van der Waals surface area (Å²) in [5.41, 5.74) is 0.729. The maximum atomic E-state index is 12.7. The van der Waals surface area contributed by atoms with Crippen LogP contribution in [0.5, 0.6) is 0 Å². The molecule has 2 aliphatic rings. The van der Waals surface area contributed by atoms with Crippen molar-refractivity contribution in [1.29, 1.82) is 0 Å². The molecule has 1 aromatic rings. The molecule has 0 saturated carbocycles. The second-order valence-corrected chi connectivity index (χ2v) is 6.57. The minimum atomic E-state index is -0.427. The smallest absolute Gasteiger partial charge is 0.327 e. The van der Waals surface area contributed by atoms with Crippen LogP contribution in [-0.2, 0) is 9.59 Å². The minimum absolute atomic E-state index is 0.0208. The molecule has 3 heterocycles. The van der Waals surface area contributed by atoms with Crippen molar-refractivity contribution in [3.05, 3.63) is 17.8 Å². The highest BCUT2D eigenvalue weighted by atomic mass is 16.2. The number of hydrogen-bond donors (Lipinski definition) is 0. The van der Waals surface area contributed by atoms with Gasteiger partial charge in [0.1, 0.15) is 13.1 Å². The lowest BCUT2D eigenvalue weighted by atomic mass is 10.1. The highest BCUT2D eigenvalue weighted by Gasteiger charge is 2.38. The molecule has 2 fully saturated rings. The number of anilines is 1. The topological polar surface area (TPSA) is 90.0 Å². The van der Waals surface area contributed by atoms with Crippen LogP contribution < -0.4 is 4.90 Å². The van der Waals surface area contributed by atoms with Crippen molar-refractivity contribution in [2.24, 2.45) is 0 Å². The van der Waals surface area contributed by atoms with E-state index in [9.17, 15) is 14.4 Å². The summed E-state index contributed by atoms with van der Waals surface area (Å²) >= 11 is 0. The van der Waals surface area contributed by atoms with Crippen molar-refractivity contribution in [2.75, 3.05) is 45.7 Å². The standard InChI is InChI=1S/C16H22N6O3/c1-19(2)13-7-6-11(17-18-13)12-5-4-8-21(12)15(24)10-22-14(23)9-20(3)16(22)25/h6-7,12H,4-5,8-10H2,1-3H3. The zero-order valence-electron chi connectivity index (χ0n) is 14.7. The third-order valence-corrected chi connectivity index (χ3v) is 4.57. The highest BCUT2D eigenvalue weighted by molar-refractivity contribution is 6.04. The third kappa shape index (κ3) is 3.26. The molecule has 2 aliphatic heterocycles. The quantitative estimate of drug-likeness (QED) is 0.718. The lowest BCUT2D eigenvalue weighted by Crippen LogP contribution is -2.43. The molecule has 3 rings (SSSR count). The van der Waals surface area contributed by atoms with Gasteiger partial charge in [0.15, 0.2) is 5.82 Å². The number of hydrogen-bond acceptors (Lipinski definition) is 6. The van der Waals surface area contributed by atoms with Gasteiger partial charge in [-0.25, -0.2) is 4.79 Å². The van der Waals surface area contributed by atoms with E-state index in [2.05, 4.69) is 10.2 Å². The van der Waals surface area contributed by atoms with E-state index in [1.807, 2.05) is 31.1 Å². The van der Waals surface area contributed by atoms with E-state index in [0.29, 0.717) is 6.54 Å². The Balaban J connectivity index is 1.71. The molecule has 0 radical (unpaired) electrons. The van der Waals surface area contributed by atoms with Crippen molar-refractivity contribution in [2.45, 2.75) is 18.9 Å². The number of nitrogens with zero attached hydrogens (tertiary/aromatic N) is 6. The summed E-state index contributed by atoms with van der Waals surface area (Å²) in [6, 6.07) is 3.15. The number of carbonyl (C=O) groups is 3. The van der Waals surface area contributed by atoms with Gasteiger partial charge in [0, 0.05) is 27.7 Å². The summed E-state index contributed by atoms with van der Waals surface area (Å²) in [4.78, 5) is 42.3. The summed E-state index contributed by atoms with van der Waals surface area (Å²) in [6.45, 7) is 0.390. The van der Waals surface area contributed by atoms with Gasteiger partial charge in [-0.1, -0.05) is 0 Å². The van der Waals surface area contributed by atoms with Crippen LogP contribution in [-0.4, -0.2) is 83.5 Å². The fraction of sp³-hybridized carbons (Fsp3) is 0.562. The van der Waals surface area contributed by atoms with Gasteiger partial charge in [-0.2, -0.15) is 5.10 Å². The Labute approximate surface area is 146 Å². The van der Waals surface area contributed by atoms with E-state index >= 15 is 0 Å². The first-order valence-corrected chi connectivity index (χ1v) is 8.24. The summed E-state index contributed by atoms with van der Waals surface area (Å²) in [6.07, 6.45) is 1.65. The minimum Gasteiger partial charge on any atom is -0.361 e. The number of rotatable bonds is 4. The number of likely N-dealkylation sites (tertiary alicyclic amines) is 1. The van der Waals surface area contributed by atoms with E-state index in [-0.39, 0.29) is 30.9 Å². The van der Waals surface area contributed by atoms with Crippen LogP contribution in [0.1, 0.15) is 24.6 Å². The Kier molecular flexibility index (Phi) is 4.56. The maximum Gasteiger partial charge on any atom is 0.327 e. The van der Waals surface area contributed by atoms with Crippen LogP contribution in [0.3, 0.4) is 0 Å². The zero-order chi connectivity index (χ0) is 18.1. The Bertz CT molecular complexity index is 690. The van der Waals surface area contributed by atoms with Crippen LogP contribution in [0.2, 0.25) is 0 Å². The Morgan fingerprint density at radius 3 is 2.60 bits per heavy atom. The van der Waals surface area contributed by atoms with Gasteiger partial charge in [-0.15, -0.1) is 5.10 Å². The molecule has 0 aromatic carbocycles. The molecule has 9 nitrogen and oxygen atoms in total. The molecular weight excluding hydrogens is 324 g/mol. The van der Waals surface area contributed by atoms with Gasteiger partial charge in [0.2, 0.25) is 5.91 Å². The molecule has 0 bridgehead atoms. The zero-order valence-corrected chi connectivity index (χ0v) is 14.7. The molecular formula is C16H22N6O3. The van der Waals surface area contributed by atoms with Crippen LogP contribution in [0, 0.1) is 0 Å². The second kappa shape index (κ2) is 6.66. The fourth-order valence-corrected chi connectivity index (χ4v) is 3.18. The summed E-state index contributed by atoms with van der Waals surface area (Å²) in [5, 5.41) is 8.41. The van der Waals surface area contributed by atoms with E-state index in [1.54, 1.807) is 11.9 Å². The third-order valence-electron chi connectivity index (χ3n) is 4.57. The Morgan fingerprint density at radius 2 is 2.04 bits per heavy atom. The van der Waals surface area contributed by atoms with Crippen LogP contribution in [0.25, 0.3) is 0 Å². The molecule has 25 heavy (non-hydrogen) atoms. The van der Waals surface area contributed by atoms with E-state index in [1.165, 1.54) is 4.90 Å². The van der Waals surface area contributed by atoms with Gasteiger partial charge < -0.3 is 14.7 Å². The predicted molar refractivity (Wildman–Crippen MR) is 89.8 cm³/mol. The first kappa shape index (κ1) is 17.1. The van der Waals surface area contributed by atoms with Crippen LogP contribution in [0.4, 0.5) is 10.6 Å². The van der Waals surface area contributed by atoms with Gasteiger partial charge in [-0.3, -0.25) is 14.5 Å². The summed E-state index contributed by atoms with van der Waals surface area (Å²) in [7, 11) is 5.32. The van der Waals surface area contributed by atoms with Crippen molar-refractivity contribution < 1.29 is 14.4 Å². The van der Waals surface area contributed by atoms with Crippen molar-refractivity contribution in [3.63, 3.8) is 0 Å². The van der Waals surface area contributed by atoms with Gasteiger partial charge in [-0.05, 0) is 25.0 Å². The molecule has 1 atom stereocenters. The van der Waals surface area contributed by atoms with Gasteiger partial charge >= 0.3 is 6.03 Å². The highest BCUT2D eigenvalue weighted by Crippen LogP contribution is 2.31. The maximum absolute atomic E-state index is 12.7. The fourth-order valence-electron chi connectivity index (χ4n) is 3.18. The number of likely N-dealkylation sites (N-methyl/N-ethyl adjacent to an activating group) is 1. The normalized spacial score (nSPS) is 20.6. The molecule has 1 aromatic heterocycles. The first-order valence-electron chi connectivity index (χ1n) is 8.24. The van der Waals surface area contributed by atoms with Crippen LogP contribution >= 0.6 is 0 Å². The molecule has 1 unspecified atom stereocenters. The van der Waals surface area contributed by atoms with Gasteiger partial charge in [0.05, 0.1) is 11.7 Å². The lowest BCUT2D eigenvalue weighted by Gasteiger charge is -2.26. The van der Waals surface area contributed by atoms with Gasteiger partial charge in [0.25, 0.3) is 5.91 Å². The van der Waals surface area contributed by atoms with E-state index in [4.69, 9.17) is 0 Å². The predicted octanol–water partition coefficient (Wildman–Crippen LogP) is 0.100. The van der Waals surface area contributed by atoms with Crippen molar-refractivity contribution in [1.82, 2.24) is 24.9 Å². The SMILES string of the molecule is CN1CC(=O)N(CC(=O)N2CCCC2c2ccc(N(C)C)nn2)C1=O. The number of amides is 4. The second-order valence-electron chi connectivity index (χ2n) is 6.57. The van der Waals surface area contributed by atoms with Crippen molar-refractivity contribution in [3.8, 4) is 0 Å². The van der Waals surface area contributed by atoms with Crippen molar-refractivity contribution >= 4 is 23.7 Å². The lowest BCUT2D eigenvalue weighted by molar-refractivity contribution is -0.137. The number of imide groups is 1. The molecule has 0 aliphatic carbocycles. The van der Waals surface area contributed by atoms with E-state index in [0.717, 1.165) is 29.3 Å². The largest absolute Gasteiger partial charge is 0.361 e. The molecule has 2 saturated heterocycles. The summed E-state index contributed by atoms with van der Waals surface area (Å²) < 4.78 is 0. The number of urea groups is 1. The average molecular weight is 346 g/mol. The molecule has 0 N–H and O–H groups in total. The molecule has 9 heteroatoms. The van der Waals surface area contributed by atoms with E-state index < -0.39 is 6.03 Å². The number of carbonyl (C=O) groups excluding carboxylic acids is 3. The van der Waals surface area contributed by atoms with Crippen LogP contribution in [0.15, 0.2) is 12.1 Å². The summed E-state index contributed by atoms with van der Waals surface area (Å²) in [5.74, 6) is 0.167. The number of aromatic nitrogens is 2. The first-order chi connectivity index (χ1) is 11.9. The Hall–Kier alpha value is -2.71. The monoisotopic (exact) mass is 346 g/mol. The Morgan fingerprint density at radius 1 is 1.28 bits per heavy atom. The molecule has 4 amide bonds. The average Bonchev–Trinajstić information content (AvgIpc) is 3.16.